The van der Waals surface area contributed by atoms with Crippen molar-refractivity contribution in [3.8, 4) is 22.5 Å². The molecule has 3 heterocycles. The zero-order chi connectivity index (χ0) is 23.2. The number of fused-ring (bicyclic) bond motifs is 2. The lowest BCUT2D eigenvalue weighted by Gasteiger charge is -2.32. The molecular formula is C27H21ClN4O2. The van der Waals surface area contributed by atoms with Gasteiger partial charge in [-0.25, -0.2) is 15.0 Å². The third kappa shape index (κ3) is 3.42. The van der Waals surface area contributed by atoms with E-state index in [0.29, 0.717) is 18.0 Å². The Labute approximate surface area is 201 Å². The second kappa shape index (κ2) is 8.22. The first-order valence-corrected chi connectivity index (χ1v) is 11.6. The molecule has 0 amide bonds. The largest absolute Gasteiger partial charge is 0.469 e. The van der Waals surface area contributed by atoms with Gasteiger partial charge in [-0.15, -0.1) is 0 Å². The molecular weight excluding hydrogens is 448 g/mol. The topological polar surface area (TPSA) is 69.4 Å². The standard InChI is InChI=1S/C27H21ClN4O2/c1-34-27(33)20-13-19(14-20)26-31-23(24-25(28)29-11-12-32(24)26)18-8-7-17-9-10-21(30-22(17)15-18)16-5-3-2-4-6-16/h2-12,15,19-20H,13-14H2,1H3/t19-,20-. The quantitative estimate of drug-likeness (QED) is 0.306. The van der Waals surface area contributed by atoms with Crippen LogP contribution in [0.4, 0.5) is 0 Å². The highest BCUT2D eigenvalue weighted by Crippen LogP contribution is 2.44. The van der Waals surface area contributed by atoms with Crippen molar-refractivity contribution in [2.24, 2.45) is 5.92 Å². The predicted molar refractivity (Wildman–Crippen MR) is 132 cm³/mol. The second-order valence-corrected chi connectivity index (χ2v) is 8.97. The summed E-state index contributed by atoms with van der Waals surface area (Å²) in [6.07, 6.45) is 4.98. The van der Waals surface area contributed by atoms with E-state index in [4.69, 9.17) is 26.3 Å². The number of carbonyl (C=O) groups is 1. The van der Waals surface area contributed by atoms with Crippen LogP contribution in [0.25, 0.3) is 38.9 Å². The van der Waals surface area contributed by atoms with Gasteiger partial charge in [-0.3, -0.25) is 9.20 Å². The zero-order valence-corrected chi connectivity index (χ0v) is 19.2. The summed E-state index contributed by atoms with van der Waals surface area (Å²) in [6, 6.07) is 20.4. The average molecular weight is 469 g/mol. The molecule has 1 aliphatic carbocycles. The molecule has 0 bridgehead atoms. The summed E-state index contributed by atoms with van der Waals surface area (Å²) < 4.78 is 6.90. The molecule has 6 rings (SSSR count). The molecule has 0 N–H and O–H groups in total. The van der Waals surface area contributed by atoms with Gasteiger partial charge < -0.3 is 4.74 Å². The second-order valence-electron chi connectivity index (χ2n) is 8.61. The van der Waals surface area contributed by atoms with Crippen molar-refractivity contribution >= 4 is 34.0 Å². The molecule has 0 atom stereocenters. The zero-order valence-electron chi connectivity index (χ0n) is 18.5. The van der Waals surface area contributed by atoms with E-state index in [1.807, 2.05) is 40.9 Å². The molecule has 0 saturated heterocycles. The Balaban J connectivity index is 1.45. The third-order valence-electron chi connectivity index (χ3n) is 6.61. The first-order chi connectivity index (χ1) is 16.6. The van der Waals surface area contributed by atoms with Crippen LogP contribution in [0, 0.1) is 5.92 Å². The van der Waals surface area contributed by atoms with Gasteiger partial charge in [0.15, 0.2) is 5.15 Å². The van der Waals surface area contributed by atoms with Crippen LogP contribution in [0.15, 0.2) is 73.1 Å². The highest BCUT2D eigenvalue weighted by atomic mass is 35.5. The van der Waals surface area contributed by atoms with Crippen LogP contribution in [-0.2, 0) is 9.53 Å². The number of aromatic nitrogens is 4. The molecule has 0 spiro atoms. The molecule has 0 aliphatic heterocycles. The smallest absolute Gasteiger partial charge is 0.308 e. The number of methoxy groups -OCH3 is 1. The van der Waals surface area contributed by atoms with Gasteiger partial charge in [0.05, 0.1) is 29.9 Å². The highest BCUT2D eigenvalue weighted by Gasteiger charge is 2.39. The lowest BCUT2D eigenvalue weighted by Crippen LogP contribution is -2.31. The van der Waals surface area contributed by atoms with Gasteiger partial charge in [-0.05, 0) is 25.0 Å². The molecule has 168 valence electrons. The van der Waals surface area contributed by atoms with E-state index in [0.717, 1.165) is 44.8 Å². The molecule has 34 heavy (non-hydrogen) atoms. The number of esters is 1. The monoisotopic (exact) mass is 468 g/mol. The van der Waals surface area contributed by atoms with E-state index < -0.39 is 0 Å². The number of benzene rings is 2. The Kier molecular flexibility index (Phi) is 5.03. The van der Waals surface area contributed by atoms with Crippen molar-refractivity contribution < 1.29 is 9.53 Å². The van der Waals surface area contributed by atoms with E-state index in [1.165, 1.54) is 7.11 Å². The number of carbonyl (C=O) groups excluding carboxylic acids is 1. The van der Waals surface area contributed by atoms with E-state index in [9.17, 15) is 4.79 Å². The average Bonchev–Trinajstić information content (AvgIpc) is 3.23. The summed E-state index contributed by atoms with van der Waals surface area (Å²) in [5.41, 5.74) is 5.33. The number of hydrogen-bond donors (Lipinski definition) is 0. The first kappa shape index (κ1) is 20.8. The van der Waals surface area contributed by atoms with Gasteiger partial charge >= 0.3 is 5.97 Å². The van der Waals surface area contributed by atoms with Gasteiger partial charge in [0, 0.05) is 34.8 Å². The molecule has 0 unspecified atom stereocenters. The lowest BCUT2D eigenvalue weighted by atomic mass is 9.74. The van der Waals surface area contributed by atoms with Crippen LogP contribution in [0.2, 0.25) is 5.15 Å². The van der Waals surface area contributed by atoms with E-state index in [1.54, 1.807) is 6.20 Å². The Morgan fingerprint density at radius 1 is 1.03 bits per heavy atom. The van der Waals surface area contributed by atoms with Crippen molar-refractivity contribution in [2.75, 3.05) is 7.11 Å². The Morgan fingerprint density at radius 3 is 2.62 bits per heavy atom. The Bertz CT molecular complexity index is 1540. The molecule has 6 nitrogen and oxygen atoms in total. The summed E-state index contributed by atoms with van der Waals surface area (Å²) >= 11 is 6.55. The molecule has 3 aromatic heterocycles. The number of pyridine rings is 1. The summed E-state index contributed by atoms with van der Waals surface area (Å²) in [6.45, 7) is 0. The molecule has 1 fully saturated rings. The third-order valence-corrected chi connectivity index (χ3v) is 6.89. The highest BCUT2D eigenvalue weighted by molar-refractivity contribution is 6.33. The van der Waals surface area contributed by atoms with Crippen molar-refractivity contribution in [3.05, 3.63) is 84.0 Å². The van der Waals surface area contributed by atoms with Gasteiger partial charge in [0.1, 0.15) is 11.3 Å². The molecule has 1 aliphatic rings. The van der Waals surface area contributed by atoms with Crippen molar-refractivity contribution in [1.82, 2.24) is 19.4 Å². The Hall–Kier alpha value is -3.77. The van der Waals surface area contributed by atoms with Gasteiger partial charge in [0.25, 0.3) is 0 Å². The fraction of sp³-hybridized carbons (Fsp3) is 0.185. The molecule has 0 radical (unpaired) electrons. The fourth-order valence-corrected chi connectivity index (χ4v) is 4.97. The molecule has 1 saturated carbocycles. The first-order valence-electron chi connectivity index (χ1n) is 11.2. The molecule has 7 heteroatoms. The minimum atomic E-state index is -0.160. The number of nitrogens with zero attached hydrogens (tertiary/aromatic N) is 4. The van der Waals surface area contributed by atoms with E-state index >= 15 is 0 Å². The Morgan fingerprint density at radius 2 is 1.82 bits per heavy atom. The number of rotatable bonds is 4. The lowest BCUT2D eigenvalue weighted by molar-refractivity contribution is -0.149. The summed E-state index contributed by atoms with van der Waals surface area (Å²) in [4.78, 5) is 26.1. The summed E-state index contributed by atoms with van der Waals surface area (Å²) in [5.74, 6) is 0.809. The summed E-state index contributed by atoms with van der Waals surface area (Å²) in [5, 5.41) is 1.45. The van der Waals surface area contributed by atoms with Gasteiger partial charge in [-0.1, -0.05) is 60.1 Å². The SMILES string of the molecule is COC(=O)[C@H]1C[C@H](c2nc(-c3ccc4ccc(-c5ccccc5)nc4c3)c3c(Cl)nccn32)C1. The number of hydrogen-bond acceptors (Lipinski definition) is 5. The van der Waals surface area contributed by atoms with E-state index in [2.05, 4.69) is 35.3 Å². The number of ether oxygens (including phenoxy) is 1. The number of imidazole rings is 1. The molecule has 2 aromatic carbocycles. The maximum atomic E-state index is 11.9. The van der Waals surface area contributed by atoms with Crippen molar-refractivity contribution in [3.63, 3.8) is 0 Å². The fourth-order valence-electron chi connectivity index (χ4n) is 4.74. The van der Waals surface area contributed by atoms with Crippen LogP contribution in [-0.4, -0.2) is 32.4 Å². The number of halogens is 1. The van der Waals surface area contributed by atoms with Crippen LogP contribution >= 0.6 is 11.6 Å². The van der Waals surface area contributed by atoms with Gasteiger partial charge in [0.2, 0.25) is 0 Å². The van der Waals surface area contributed by atoms with Crippen LogP contribution in [0.3, 0.4) is 0 Å². The van der Waals surface area contributed by atoms with Crippen LogP contribution in [0.5, 0.6) is 0 Å². The minimum Gasteiger partial charge on any atom is -0.469 e. The maximum Gasteiger partial charge on any atom is 0.308 e. The van der Waals surface area contributed by atoms with Gasteiger partial charge in [-0.2, -0.15) is 0 Å². The molecule has 5 aromatic rings. The summed E-state index contributed by atoms with van der Waals surface area (Å²) in [7, 11) is 1.43. The predicted octanol–water partition coefficient (Wildman–Crippen LogP) is 5.93. The van der Waals surface area contributed by atoms with Crippen molar-refractivity contribution in [1.29, 1.82) is 0 Å². The van der Waals surface area contributed by atoms with Crippen LogP contribution < -0.4 is 0 Å². The van der Waals surface area contributed by atoms with Crippen LogP contribution in [0.1, 0.15) is 24.6 Å². The minimum absolute atomic E-state index is 0.0793. The van der Waals surface area contributed by atoms with E-state index in [-0.39, 0.29) is 17.8 Å². The maximum absolute atomic E-state index is 11.9. The van der Waals surface area contributed by atoms with Crippen molar-refractivity contribution in [2.45, 2.75) is 18.8 Å². The normalized spacial score (nSPS) is 17.6.